The number of hydrogen-bond donors (Lipinski definition) is 2. The molecule has 0 radical (unpaired) electrons. The Kier molecular flexibility index (Phi) is 4.95. The molecule has 0 fully saturated rings. The van der Waals surface area contributed by atoms with Gasteiger partial charge in [-0.3, -0.25) is 0 Å². The topological polar surface area (TPSA) is 60.0 Å². The summed E-state index contributed by atoms with van der Waals surface area (Å²) in [5.41, 5.74) is 0.828. The minimum Gasteiger partial charge on any atom is -0.491 e. The van der Waals surface area contributed by atoms with Crippen LogP contribution in [0.2, 0.25) is 0 Å². The number of ether oxygens (including phenoxy) is 3. The van der Waals surface area contributed by atoms with Crippen molar-refractivity contribution in [1.82, 2.24) is 5.32 Å². The molecular weight excluding hydrogens is 301 g/mol. The Morgan fingerprint density at radius 1 is 1.17 bits per heavy atom. The molecule has 0 amide bonds. The van der Waals surface area contributed by atoms with Crippen LogP contribution in [-0.2, 0) is 6.54 Å². The van der Waals surface area contributed by atoms with Crippen LogP contribution < -0.4 is 19.5 Å². The van der Waals surface area contributed by atoms with E-state index in [0.717, 1.165) is 5.56 Å². The van der Waals surface area contributed by atoms with E-state index in [1.54, 1.807) is 24.3 Å². The summed E-state index contributed by atoms with van der Waals surface area (Å²) < 4.78 is 29.0. The number of rotatable bonds is 7. The Morgan fingerprint density at radius 3 is 2.91 bits per heavy atom. The lowest BCUT2D eigenvalue weighted by molar-refractivity contribution is 0.106. The van der Waals surface area contributed by atoms with Crippen LogP contribution in [0.3, 0.4) is 0 Å². The first kappa shape index (κ1) is 15.6. The van der Waals surface area contributed by atoms with E-state index in [-0.39, 0.29) is 19.2 Å². The standard InChI is InChI=1S/C17H18FNO4/c18-13-3-1-2-12(6-13)8-19-9-14(20)10-21-15-4-5-16-17(7-15)23-11-22-16/h1-7,14,19-20H,8-11H2/t14-/m0/s1. The maximum absolute atomic E-state index is 13.0. The zero-order valence-electron chi connectivity index (χ0n) is 12.5. The average molecular weight is 319 g/mol. The van der Waals surface area contributed by atoms with Crippen molar-refractivity contribution >= 4 is 0 Å². The highest BCUT2D eigenvalue weighted by Crippen LogP contribution is 2.35. The largest absolute Gasteiger partial charge is 0.491 e. The fourth-order valence-electron chi connectivity index (χ4n) is 2.25. The lowest BCUT2D eigenvalue weighted by Gasteiger charge is -2.13. The van der Waals surface area contributed by atoms with Gasteiger partial charge in [-0.25, -0.2) is 4.39 Å². The smallest absolute Gasteiger partial charge is 0.231 e. The van der Waals surface area contributed by atoms with Crippen LogP contribution in [0.5, 0.6) is 17.2 Å². The third-order valence-electron chi connectivity index (χ3n) is 3.38. The van der Waals surface area contributed by atoms with Crippen molar-refractivity contribution in [2.24, 2.45) is 0 Å². The molecule has 5 nitrogen and oxygen atoms in total. The molecule has 23 heavy (non-hydrogen) atoms. The number of halogens is 1. The average Bonchev–Trinajstić information content (AvgIpc) is 3.00. The first-order valence-electron chi connectivity index (χ1n) is 7.36. The van der Waals surface area contributed by atoms with Gasteiger partial charge in [-0.1, -0.05) is 12.1 Å². The summed E-state index contributed by atoms with van der Waals surface area (Å²) in [6.45, 7) is 1.20. The molecule has 0 spiro atoms. The minimum absolute atomic E-state index is 0.149. The van der Waals surface area contributed by atoms with Crippen molar-refractivity contribution in [3.63, 3.8) is 0 Å². The predicted octanol–water partition coefficient (Wildman–Crippen LogP) is 2.08. The van der Waals surface area contributed by atoms with Crippen LogP contribution in [0.4, 0.5) is 4.39 Å². The van der Waals surface area contributed by atoms with E-state index in [2.05, 4.69) is 5.32 Å². The second-order valence-electron chi connectivity index (χ2n) is 5.24. The Balaban J connectivity index is 1.40. The van der Waals surface area contributed by atoms with Gasteiger partial charge >= 0.3 is 0 Å². The van der Waals surface area contributed by atoms with Crippen LogP contribution in [0.15, 0.2) is 42.5 Å². The maximum atomic E-state index is 13.0. The number of fused-ring (bicyclic) bond motifs is 1. The zero-order valence-corrected chi connectivity index (χ0v) is 12.5. The monoisotopic (exact) mass is 319 g/mol. The molecule has 122 valence electrons. The summed E-state index contributed by atoms with van der Waals surface area (Å²) in [4.78, 5) is 0. The fourth-order valence-corrected chi connectivity index (χ4v) is 2.25. The second-order valence-corrected chi connectivity index (χ2v) is 5.24. The summed E-state index contributed by atoms with van der Waals surface area (Å²) in [6, 6.07) is 11.6. The van der Waals surface area contributed by atoms with Gasteiger partial charge in [-0.15, -0.1) is 0 Å². The summed E-state index contributed by atoms with van der Waals surface area (Å²) in [7, 11) is 0. The lowest BCUT2D eigenvalue weighted by Crippen LogP contribution is -2.31. The number of aliphatic hydroxyl groups excluding tert-OH is 1. The molecule has 1 heterocycles. The summed E-state index contributed by atoms with van der Waals surface area (Å²) in [6.07, 6.45) is -0.672. The van der Waals surface area contributed by atoms with Crippen molar-refractivity contribution < 1.29 is 23.7 Å². The molecule has 2 aromatic rings. The van der Waals surface area contributed by atoms with E-state index in [9.17, 15) is 9.50 Å². The Bertz CT molecular complexity index is 665. The molecule has 2 N–H and O–H groups in total. The van der Waals surface area contributed by atoms with Gasteiger partial charge < -0.3 is 24.6 Å². The number of hydrogen-bond acceptors (Lipinski definition) is 5. The van der Waals surface area contributed by atoms with Gasteiger partial charge in [-0.2, -0.15) is 0 Å². The van der Waals surface area contributed by atoms with Crippen molar-refractivity contribution in [2.45, 2.75) is 12.6 Å². The quantitative estimate of drug-likeness (QED) is 0.818. The normalized spacial score (nSPS) is 13.8. The molecule has 0 unspecified atom stereocenters. The van der Waals surface area contributed by atoms with E-state index in [0.29, 0.717) is 30.3 Å². The van der Waals surface area contributed by atoms with Crippen LogP contribution in [0, 0.1) is 5.82 Å². The molecule has 0 aromatic heterocycles. The van der Waals surface area contributed by atoms with E-state index in [1.807, 2.05) is 6.07 Å². The molecule has 0 saturated heterocycles. The fraction of sp³-hybridized carbons (Fsp3) is 0.294. The Hall–Kier alpha value is -2.31. The summed E-state index contributed by atoms with van der Waals surface area (Å²) >= 11 is 0. The van der Waals surface area contributed by atoms with Crippen molar-refractivity contribution in [1.29, 1.82) is 0 Å². The lowest BCUT2D eigenvalue weighted by atomic mass is 10.2. The molecule has 1 aliphatic rings. The van der Waals surface area contributed by atoms with Gasteiger partial charge in [-0.05, 0) is 29.8 Å². The van der Waals surface area contributed by atoms with Gasteiger partial charge in [0.05, 0.1) is 0 Å². The van der Waals surface area contributed by atoms with Crippen molar-refractivity contribution in [3.05, 3.63) is 53.8 Å². The molecule has 1 atom stereocenters. The number of aliphatic hydroxyl groups is 1. The third-order valence-corrected chi connectivity index (χ3v) is 3.38. The van der Waals surface area contributed by atoms with E-state index in [1.165, 1.54) is 12.1 Å². The molecule has 0 bridgehead atoms. The van der Waals surface area contributed by atoms with E-state index in [4.69, 9.17) is 14.2 Å². The van der Waals surface area contributed by atoms with Crippen LogP contribution in [0.25, 0.3) is 0 Å². The molecule has 0 saturated carbocycles. The van der Waals surface area contributed by atoms with Crippen LogP contribution in [-0.4, -0.2) is 31.2 Å². The Morgan fingerprint density at radius 2 is 2.04 bits per heavy atom. The highest BCUT2D eigenvalue weighted by Gasteiger charge is 2.14. The zero-order chi connectivity index (χ0) is 16.1. The first-order chi connectivity index (χ1) is 11.2. The molecule has 1 aliphatic heterocycles. The highest BCUT2D eigenvalue weighted by atomic mass is 19.1. The van der Waals surface area contributed by atoms with Gasteiger partial charge in [0.15, 0.2) is 11.5 Å². The predicted molar refractivity (Wildman–Crippen MR) is 82.2 cm³/mol. The Labute approximate surface area is 133 Å². The number of nitrogens with one attached hydrogen (secondary N) is 1. The maximum Gasteiger partial charge on any atom is 0.231 e. The van der Waals surface area contributed by atoms with Gasteiger partial charge in [0, 0.05) is 19.2 Å². The second kappa shape index (κ2) is 7.30. The van der Waals surface area contributed by atoms with Crippen molar-refractivity contribution in [3.8, 4) is 17.2 Å². The summed E-state index contributed by atoms with van der Waals surface area (Å²) in [5, 5.41) is 13.0. The molecular formula is C17H18FNO4. The van der Waals surface area contributed by atoms with Gasteiger partial charge in [0.2, 0.25) is 6.79 Å². The SMILES string of the molecule is O[C@@H](CNCc1cccc(F)c1)COc1ccc2c(c1)OCO2. The molecule has 0 aliphatic carbocycles. The number of benzene rings is 2. The molecule has 2 aromatic carbocycles. The minimum atomic E-state index is -0.672. The van der Waals surface area contributed by atoms with Crippen LogP contribution in [0.1, 0.15) is 5.56 Å². The van der Waals surface area contributed by atoms with E-state index >= 15 is 0 Å². The van der Waals surface area contributed by atoms with E-state index < -0.39 is 6.10 Å². The third kappa shape index (κ3) is 4.34. The van der Waals surface area contributed by atoms with Gasteiger partial charge in [0.25, 0.3) is 0 Å². The highest BCUT2D eigenvalue weighted by molar-refractivity contribution is 5.46. The van der Waals surface area contributed by atoms with Gasteiger partial charge in [0.1, 0.15) is 24.3 Å². The van der Waals surface area contributed by atoms with Crippen molar-refractivity contribution in [2.75, 3.05) is 19.9 Å². The van der Waals surface area contributed by atoms with Crippen LogP contribution >= 0.6 is 0 Å². The summed E-state index contributed by atoms with van der Waals surface area (Å²) in [5.74, 6) is 1.67. The first-order valence-corrected chi connectivity index (χ1v) is 7.36. The molecule has 3 rings (SSSR count). The molecule has 6 heteroatoms.